The number of hydrogen-bond donors (Lipinski definition) is 1. The maximum atomic E-state index is 12.6. The van der Waals surface area contributed by atoms with E-state index < -0.39 is 53.2 Å². The first kappa shape index (κ1) is 27.0. The van der Waals surface area contributed by atoms with E-state index in [1.165, 1.54) is 12.2 Å². The molecule has 0 saturated carbocycles. The molecule has 34 heavy (non-hydrogen) atoms. The van der Waals surface area contributed by atoms with Crippen LogP contribution in [0, 0.1) is 17.2 Å². The third-order valence-electron chi connectivity index (χ3n) is 6.63. The SMILES string of the molecule is CCC[Si]1(CCC)OC[C@H]2O[C@@H](C3C=CC(=O)NC3=O)/C(=C\C#N)[C@@H]2O[Si](CCC)(CCC)O1. The third-order valence-corrected chi connectivity index (χ3v) is 16.0. The predicted molar refractivity (Wildman–Crippen MR) is 132 cm³/mol. The standard InChI is InChI=1S/C24H38N2O6Si2/c1-5-13-33(14-6-2)29-17-20-23(31-34(32-33,15-7-3)16-8-4)18(11-12-25)22(30-20)19-9-10-21(27)26-24(19)28/h9-11,19-20,22-23H,5-8,13-17H2,1-4H3,(H,26,27,28)/b18-11+/t19?,20-,22-,23+/m1/s1. The van der Waals surface area contributed by atoms with Gasteiger partial charge in [-0.2, -0.15) is 5.26 Å². The van der Waals surface area contributed by atoms with Gasteiger partial charge in [0, 0.05) is 17.7 Å². The number of hydrogen-bond acceptors (Lipinski definition) is 7. The average molecular weight is 507 g/mol. The zero-order valence-electron chi connectivity index (χ0n) is 20.8. The molecule has 1 N–H and O–H groups in total. The van der Waals surface area contributed by atoms with Crippen molar-refractivity contribution in [1.82, 2.24) is 5.32 Å². The van der Waals surface area contributed by atoms with Gasteiger partial charge in [-0.3, -0.25) is 14.9 Å². The van der Waals surface area contributed by atoms with Crippen LogP contribution in [0.15, 0.2) is 23.8 Å². The second-order valence-electron chi connectivity index (χ2n) is 9.38. The number of allylic oxidation sites excluding steroid dienone is 1. The minimum atomic E-state index is -2.71. The highest BCUT2D eigenvalue weighted by molar-refractivity contribution is 6.81. The Morgan fingerprint density at radius 3 is 2.21 bits per heavy atom. The highest BCUT2D eigenvalue weighted by Gasteiger charge is 2.56. The molecule has 0 aliphatic carbocycles. The van der Waals surface area contributed by atoms with Crippen LogP contribution in [-0.4, -0.2) is 53.9 Å². The van der Waals surface area contributed by atoms with E-state index >= 15 is 0 Å². The summed E-state index contributed by atoms with van der Waals surface area (Å²) in [5.74, 6) is -1.59. The number of fused-ring (bicyclic) bond motifs is 1. The molecule has 188 valence electrons. The van der Waals surface area contributed by atoms with Gasteiger partial charge in [0.2, 0.25) is 11.8 Å². The maximum Gasteiger partial charge on any atom is 0.329 e. The van der Waals surface area contributed by atoms with Crippen LogP contribution >= 0.6 is 0 Å². The van der Waals surface area contributed by atoms with Crippen LogP contribution < -0.4 is 5.32 Å². The number of nitrogens with zero attached hydrogens (tertiary/aromatic N) is 1. The number of amides is 2. The average Bonchev–Trinajstić information content (AvgIpc) is 3.09. The number of nitriles is 1. The first-order valence-electron chi connectivity index (χ1n) is 12.7. The molecule has 0 aromatic carbocycles. The number of nitrogens with one attached hydrogen (secondary N) is 1. The molecule has 2 fully saturated rings. The summed E-state index contributed by atoms with van der Waals surface area (Å²) < 4.78 is 27.2. The fourth-order valence-corrected chi connectivity index (χ4v) is 15.4. The van der Waals surface area contributed by atoms with Crippen molar-refractivity contribution in [2.75, 3.05) is 6.61 Å². The largest absolute Gasteiger partial charge is 0.414 e. The molecule has 0 aromatic heterocycles. The van der Waals surface area contributed by atoms with Crippen molar-refractivity contribution >= 4 is 28.9 Å². The van der Waals surface area contributed by atoms with Crippen molar-refractivity contribution < 1.29 is 27.3 Å². The van der Waals surface area contributed by atoms with Gasteiger partial charge in [-0.25, -0.2) is 0 Å². The van der Waals surface area contributed by atoms with Crippen LogP contribution in [0.3, 0.4) is 0 Å². The minimum Gasteiger partial charge on any atom is -0.414 e. The normalized spacial score (nSPS) is 31.4. The summed E-state index contributed by atoms with van der Waals surface area (Å²) in [7, 11) is -5.23. The summed E-state index contributed by atoms with van der Waals surface area (Å²) in [5.41, 5.74) is 0.628. The molecule has 0 spiro atoms. The quantitative estimate of drug-likeness (QED) is 0.286. The molecule has 4 atom stereocenters. The molecule has 10 heteroatoms. The van der Waals surface area contributed by atoms with Crippen LogP contribution in [0.4, 0.5) is 0 Å². The van der Waals surface area contributed by atoms with E-state index in [0.717, 1.165) is 49.9 Å². The number of carbonyl (C=O) groups excluding carboxylic acids is 2. The Bertz CT molecular complexity index is 843. The number of ether oxygens (including phenoxy) is 1. The Morgan fingerprint density at radius 2 is 1.65 bits per heavy atom. The lowest BCUT2D eigenvalue weighted by Gasteiger charge is -2.45. The summed E-state index contributed by atoms with van der Waals surface area (Å²) in [6, 6.07) is 5.62. The Kier molecular flexibility index (Phi) is 9.43. The van der Waals surface area contributed by atoms with Gasteiger partial charge >= 0.3 is 17.1 Å². The van der Waals surface area contributed by atoms with E-state index in [1.807, 2.05) is 0 Å². The molecule has 1 unspecified atom stereocenters. The van der Waals surface area contributed by atoms with Gasteiger partial charge in [-0.05, 0) is 24.2 Å². The van der Waals surface area contributed by atoms with Crippen molar-refractivity contribution in [3.05, 3.63) is 23.8 Å². The summed E-state index contributed by atoms with van der Waals surface area (Å²) >= 11 is 0. The second kappa shape index (κ2) is 11.9. The second-order valence-corrected chi connectivity index (χ2v) is 16.4. The van der Waals surface area contributed by atoms with Gasteiger partial charge in [0.1, 0.15) is 12.2 Å². The molecule has 2 amide bonds. The van der Waals surface area contributed by atoms with Gasteiger partial charge in [0.05, 0.1) is 24.7 Å². The van der Waals surface area contributed by atoms with Crippen LogP contribution in [0.1, 0.15) is 53.4 Å². The molecule has 0 aromatic rings. The monoisotopic (exact) mass is 506 g/mol. The van der Waals surface area contributed by atoms with Gasteiger partial charge in [-0.15, -0.1) is 0 Å². The van der Waals surface area contributed by atoms with E-state index in [4.69, 9.17) is 17.7 Å². The summed E-state index contributed by atoms with van der Waals surface area (Å²) in [4.78, 5) is 24.3. The predicted octanol–water partition coefficient (Wildman–Crippen LogP) is 3.99. The molecule has 3 rings (SSSR count). The van der Waals surface area contributed by atoms with Gasteiger partial charge < -0.3 is 17.7 Å². The van der Waals surface area contributed by atoms with Gasteiger partial charge in [-0.1, -0.05) is 59.5 Å². The van der Waals surface area contributed by atoms with Crippen LogP contribution in [0.5, 0.6) is 0 Å². The number of rotatable bonds is 9. The van der Waals surface area contributed by atoms with E-state index in [1.54, 1.807) is 6.08 Å². The molecule has 3 heterocycles. The fourth-order valence-electron chi connectivity index (χ4n) is 5.38. The van der Waals surface area contributed by atoms with Crippen molar-refractivity contribution in [3.63, 3.8) is 0 Å². The lowest BCUT2D eigenvalue weighted by atomic mass is 9.91. The van der Waals surface area contributed by atoms with Crippen molar-refractivity contribution in [2.24, 2.45) is 5.92 Å². The highest BCUT2D eigenvalue weighted by Crippen LogP contribution is 2.42. The van der Waals surface area contributed by atoms with E-state index in [-0.39, 0.29) is 0 Å². The van der Waals surface area contributed by atoms with E-state index in [0.29, 0.717) is 12.2 Å². The Hall–Kier alpha value is -1.62. The first-order valence-corrected chi connectivity index (χ1v) is 17.1. The summed E-state index contributed by atoms with van der Waals surface area (Å²) in [6.07, 6.45) is 6.53. The zero-order valence-corrected chi connectivity index (χ0v) is 22.8. The van der Waals surface area contributed by atoms with Gasteiger partial charge in [0.25, 0.3) is 0 Å². The number of imide groups is 1. The summed E-state index contributed by atoms with van der Waals surface area (Å²) in [6.45, 7) is 8.91. The Morgan fingerprint density at radius 1 is 1.03 bits per heavy atom. The molecule has 0 radical (unpaired) electrons. The minimum absolute atomic E-state index is 0.301. The molecule has 8 nitrogen and oxygen atoms in total. The maximum absolute atomic E-state index is 12.6. The number of carbonyl (C=O) groups is 2. The topological polar surface area (TPSA) is 107 Å². The zero-order chi connectivity index (χ0) is 24.8. The molecular weight excluding hydrogens is 468 g/mol. The van der Waals surface area contributed by atoms with Crippen molar-refractivity contribution in [1.29, 1.82) is 5.26 Å². The van der Waals surface area contributed by atoms with Crippen LogP contribution in [0.25, 0.3) is 0 Å². The fraction of sp³-hybridized carbons (Fsp3) is 0.708. The lowest BCUT2D eigenvalue weighted by molar-refractivity contribution is -0.134. The lowest BCUT2D eigenvalue weighted by Crippen LogP contribution is -2.60. The Labute approximate surface area is 205 Å². The molecule has 3 aliphatic rings. The van der Waals surface area contributed by atoms with Crippen molar-refractivity contribution in [2.45, 2.75) is 95.9 Å². The van der Waals surface area contributed by atoms with E-state index in [2.05, 4.69) is 39.1 Å². The third kappa shape index (κ3) is 5.78. The summed E-state index contributed by atoms with van der Waals surface area (Å²) in [5, 5.41) is 11.9. The highest BCUT2D eigenvalue weighted by atomic mass is 28.5. The van der Waals surface area contributed by atoms with E-state index in [9.17, 15) is 14.9 Å². The molecular formula is C24H38N2O6Si2. The van der Waals surface area contributed by atoms with Crippen LogP contribution in [0.2, 0.25) is 24.2 Å². The molecule has 2 saturated heterocycles. The molecule has 3 aliphatic heterocycles. The van der Waals surface area contributed by atoms with Crippen LogP contribution in [-0.2, 0) is 27.3 Å². The molecule has 0 bridgehead atoms. The Balaban J connectivity index is 2.03. The van der Waals surface area contributed by atoms with Gasteiger partial charge in [0.15, 0.2) is 0 Å². The first-order chi connectivity index (χ1) is 16.4. The van der Waals surface area contributed by atoms with Crippen molar-refractivity contribution in [3.8, 4) is 6.07 Å². The smallest absolute Gasteiger partial charge is 0.329 e.